The molecule has 0 saturated heterocycles. The highest BCUT2D eigenvalue weighted by Crippen LogP contribution is 2.23. The molecule has 0 aliphatic carbocycles. The third-order valence-corrected chi connectivity index (χ3v) is 5.72. The van der Waals surface area contributed by atoms with Gasteiger partial charge in [-0.1, -0.05) is 37.0 Å². The molecule has 0 bridgehead atoms. The van der Waals surface area contributed by atoms with Gasteiger partial charge in [0.2, 0.25) is 5.95 Å². The van der Waals surface area contributed by atoms with E-state index in [4.69, 9.17) is 5.26 Å². The molecule has 0 saturated carbocycles. The van der Waals surface area contributed by atoms with Gasteiger partial charge in [-0.2, -0.15) is 10.2 Å². The normalized spacial score (nSPS) is 12.0. The second-order valence-electron chi connectivity index (χ2n) is 8.38. The van der Waals surface area contributed by atoms with Gasteiger partial charge in [-0.05, 0) is 43.2 Å². The number of fused-ring (bicyclic) bond motifs is 1. The summed E-state index contributed by atoms with van der Waals surface area (Å²) in [5.41, 5.74) is 2.89. The van der Waals surface area contributed by atoms with Crippen LogP contribution in [0.25, 0.3) is 0 Å². The van der Waals surface area contributed by atoms with Crippen LogP contribution < -0.4 is 10.2 Å². The monoisotopic (exact) mass is 478 g/mol. The van der Waals surface area contributed by atoms with Crippen molar-refractivity contribution in [2.75, 3.05) is 30.4 Å². The van der Waals surface area contributed by atoms with Crippen LogP contribution in [0.5, 0.6) is 0 Å². The Bertz CT molecular complexity index is 1360. The average molecular weight is 479 g/mol. The quantitative estimate of drug-likeness (QED) is 0.291. The lowest BCUT2D eigenvalue weighted by Gasteiger charge is -2.19. The summed E-state index contributed by atoms with van der Waals surface area (Å²) in [6, 6.07) is 16.1. The number of nitrogens with zero attached hydrogens (tertiary/aromatic N) is 5. The van der Waals surface area contributed by atoms with E-state index in [1.165, 1.54) is 4.90 Å². The van der Waals surface area contributed by atoms with Crippen LogP contribution >= 0.6 is 0 Å². The number of carbonyl (C=O) groups is 2. The van der Waals surface area contributed by atoms with Crippen LogP contribution in [0.2, 0.25) is 0 Å². The van der Waals surface area contributed by atoms with Crippen LogP contribution in [0.15, 0.2) is 54.7 Å². The molecule has 1 aromatic heterocycles. The predicted octanol–water partition coefficient (Wildman–Crippen LogP) is 4.37. The van der Waals surface area contributed by atoms with E-state index in [1.807, 2.05) is 18.0 Å². The van der Waals surface area contributed by atoms with Crippen molar-refractivity contribution in [3.05, 3.63) is 77.0 Å². The van der Waals surface area contributed by atoms with Crippen molar-refractivity contribution in [1.29, 1.82) is 5.26 Å². The highest BCUT2D eigenvalue weighted by atomic mass is 16.2. The van der Waals surface area contributed by atoms with Crippen LogP contribution in [0.1, 0.15) is 58.0 Å². The third kappa shape index (κ3) is 5.34. The number of anilines is 3. The van der Waals surface area contributed by atoms with E-state index >= 15 is 0 Å². The SMILES string of the molecule is CCCN(C)c1nc(Nc2cccc(C#N)c2)ncc1C#CCCCN1C(=O)c2ccccc2C1=O. The first-order valence-corrected chi connectivity index (χ1v) is 11.8. The molecule has 0 fully saturated rings. The molecule has 2 heterocycles. The molecule has 8 heteroatoms. The van der Waals surface area contributed by atoms with Gasteiger partial charge < -0.3 is 10.2 Å². The van der Waals surface area contributed by atoms with Gasteiger partial charge in [0.05, 0.1) is 34.5 Å². The first-order valence-electron chi connectivity index (χ1n) is 11.8. The zero-order chi connectivity index (χ0) is 25.5. The maximum Gasteiger partial charge on any atom is 0.261 e. The Morgan fingerprint density at radius 3 is 2.53 bits per heavy atom. The van der Waals surface area contributed by atoms with E-state index in [1.54, 1.807) is 48.7 Å². The minimum Gasteiger partial charge on any atom is -0.358 e. The number of unbranched alkanes of at least 4 members (excludes halogenated alkanes) is 1. The van der Waals surface area contributed by atoms with Gasteiger partial charge in [0.15, 0.2) is 0 Å². The molecule has 36 heavy (non-hydrogen) atoms. The number of benzene rings is 2. The molecule has 2 aromatic carbocycles. The molecule has 0 atom stereocenters. The topological polar surface area (TPSA) is 102 Å². The van der Waals surface area contributed by atoms with Crippen LogP contribution in [0.3, 0.4) is 0 Å². The Morgan fingerprint density at radius 1 is 1.08 bits per heavy atom. The Labute approximate surface area is 210 Å². The molecule has 1 aliphatic rings. The van der Waals surface area contributed by atoms with E-state index in [0.29, 0.717) is 53.4 Å². The molecule has 4 rings (SSSR count). The molecule has 2 amide bonds. The third-order valence-electron chi connectivity index (χ3n) is 5.72. The lowest BCUT2D eigenvalue weighted by Crippen LogP contribution is -2.30. The minimum absolute atomic E-state index is 0.246. The summed E-state index contributed by atoms with van der Waals surface area (Å²) < 4.78 is 0. The number of hydrogen-bond acceptors (Lipinski definition) is 7. The zero-order valence-electron chi connectivity index (χ0n) is 20.3. The number of rotatable bonds is 8. The van der Waals surface area contributed by atoms with Gasteiger partial charge in [0.1, 0.15) is 5.82 Å². The summed E-state index contributed by atoms with van der Waals surface area (Å²) >= 11 is 0. The van der Waals surface area contributed by atoms with Crippen molar-refractivity contribution in [3.8, 4) is 17.9 Å². The van der Waals surface area contributed by atoms with Gasteiger partial charge in [-0.3, -0.25) is 14.5 Å². The van der Waals surface area contributed by atoms with Crippen molar-refractivity contribution in [3.63, 3.8) is 0 Å². The lowest BCUT2D eigenvalue weighted by atomic mass is 10.1. The van der Waals surface area contributed by atoms with E-state index in [9.17, 15) is 9.59 Å². The Kier molecular flexibility index (Phi) is 7.57. The molecule has 8 nitrogen and oxygen atoms in total. The maximum atomic E-state index is 12.5. The van der Waals surface area contributed by atoms with Gasteiger partial charge in [0, 0.05) is 32.2 Å². The van der Waals surface area contributed by atoms with Crippen molar-refractivity contribution in [2.24, 2.45) is 0 Å². The number of nitriles is 1. The summed E-state index contributed by atoms with van der Waals surface area (Å²) in [6.07, 6.45) is 3.72. The molecule has 1 aliphatic heterocycles. The number of hydrogen-bond donors (Lipinski definition) is 1. The average Bonchev–Trinajstić information content (AvgIpc) is 3.14. The van der Waals surface area contributed by atoms with Crippen LogP contribution in [0.4, 0.5) is 17.5 Å². The summed E-state index contributed by atoms with van der Waals surface area (Å²) in [4.78, 5) is 37.4. The van der Waals surface area contributed by atoms with E-state index in [0.717, 1.165) is 18.7 Å². The molecule has 3 aromatic rings. The zero-order valence-corrected chi connectivity index (χ0v) is 20.3. The van der Waals surface area contributed by atoms with Crippen LogP contribution in [-0.4, -0.2) is 46.8 Å². The van der Waals surface area contributed by atoms with Crippen molar-refractivity contribution in [2.45, 2.75) is 26.2 Å². The smallest absolute Gasteiger partial charge is 0.261 e. The van der Waals surface area contributed by atoms with Gasteiger partial charge in [-0.15, -0.1) is 0 Å². The maximum absolute atomic E-state index is 12.5. The van der Waals surface area contributed by atoms with E-state index < -0.39 is 0 Å². The first-order chi connectivity index (χ1) is 17.5. The second kappa shape index (κ2) is 11.2. The number of aromatic nitrogens is 2. The Balaban J connectivity index is 1.43. The number of amides is 2. The van der Waals surface area contributed by atoms with Crippen molar-refractivity contribution in [1.82, 2.24) is 14.9 Å². The van der Waals surface area contributed by atoms with Gasteiger partial charge in [-0.25, -0.2) is 4.98 Å². The number of imide groups is 1. The van der Waals surface area contributed by atoms with E-state index in [2.05, 4.69) is 40.1 Å². The fourth-order valence-electron chi connectivity index (χ4n) is 3.97. The van der Waals surface area contributed by atoms with Crippen molar-refractivity contribution >= 4 is 29.3 Å². The lowest BCUT2D eigenvalue weighted by molar-refractivity contribution is 0.0653. The van der Waals surface area contributed by atoms with Crippen molar-refractivity contribution < 1.29 is 9.59 Å². The molecule has 180 valence electrons. The van der Waals surface area contributed by atoms with Gasteiger partial charge in [0.25, 0.3) is 11.8 Å². The van der Waals surface area contributed by atoms with Crippen LogP contribution in [-0.2, 0) is 0 Å². The molecule has 0 spiro atoms. The summed E-state index contributed by atoms with van der Waals surface area (Å²) in [7, 11) is 1.96. The molecule has 1 N–H and O–H groups in total. The largest absolute Gasteiger partial charge is 0.358 e. The fourth-order valence-corrected chi connectivity index (χ4v) is 3.97. The Hall–Kier alpha value is -4.69. The first kappa shape index (κ1) is 24.4. The van der Waals surface area contributed by atoms with E-state index in [-0.39, 0.29) is 11.8 Å². The fraction of sp³-hybridized carbons (Fsp3) is 0.250. The molecular weight excluding hydrogens is 452 g/mol. The second-order valence-corrected chi connectivity index (χ2v) is 8.38. The predicted molar refractivity (Wildman–Crippen MR) is 138 cm³/mol. The van der Waals surface area contributed by atoms with Gasteiger partial charge >= 0.3 is 0 Å². The summed E-state index contributed by atoms with van der Waals surface area (Å²) in [6.45, 7) is 3.22. The highest BCUT2D eigenvalue weighted by Gasteiger charge is 2.34. The summed E-state index contributed by atoms with van der Waals surface area (Å²) in [5.74, 6) is 6.92. The molecule has 0 radical (unpaired) electrons. The standard InChI is InChI=1S/C28H26N6O2/c1-3-15-33(2)25-21(19-30-28(32-25)31-22-12-9-10-20(17-22)18-29)11-5-4-8-16-34-26(35)23-13-6-7-14-24(23)27(34)36/h6-7,9-10,12-14,17,19H,3-4,8,15-16H2,1-2H3,(H,30,31,32). The number of nitrogens with one attached hydrogen (secondary N) is 1. The highest BCUT2D eigenvalue weighted by molar-refractivity contribution is 6.21. The van der Waals surface area contributed by atoms with Crippen LogP contribution in [0, 0.1) is 23.2 Å². The number of carbonyl (C=O) groups excluding carboxylic acids is 2. The molecular formula is C28H26N6O2. The summed E-state index contributed by atoms with van der Waals surface area (Å²) in [5, 5.41) is 12.3. The molecule has 0 unspecified atom stereocenters. The minimum atomic E-state index is -0.246. The Morgan fingerprint density at radius 2 is 1.83 bits per heavy atom.